The summed E-state index contributed by atoms with van der Waals surface area (Å²) in [5.74, 6) is -0.690. The zero-order valence-corrected chi connectivity index (χ0v) is 12.6. The molecule has 0 radical (unpaired) electrons. The molecule has 114 valence electrons. The number of carbonyl (C=O) groups is 2. The smallest absolute Gasteiger partial charge is 0.410 e. The van der Waals surface area contributed by atoms with E-state index < -0.39 is 17.5 Å². The van der Waals surface area contributed by atoms with Crippen molar-refractivity contribution in [2.24, 2.45) is 17.8 Å². The third-order valence-electron chi connectivity index (χ3n) is 4.34. The third-order valence-corrected chi connectivity index (χ3v) is 4.34. The van der Waals surface area contributed by atoms with Gasteiger partial charge in [-0.1, -0.05) is 25.7 Å². The Morgan fingerprint density at radius 1 is 1.15 bits per heavy atom. The predicted octanol–water partition coefficient (Wildman–Crippen LogP) is 2.74. The molecule has 0 aromatic rings. The summed E-state index contributed by atoms with van der Waals surface area (Å²) in [5.41, 5.74) is -0.540. The van der Waals surface area contributed by atoms with E-state index in [0.29, 0.717) is 12.5 Å². The molecule has 1 N–H and O–H groups in total. The molecule has 1 heterocycles. The van der Waals surface area contributed by atoms with E-state index in [9.17, 15) is 14.7 Å². The molecule has 1 saturated carbocycles. The van der Waals surface area contributed by atoms with Crippen LogP contribution in [0.25, 0.3) is 0 Å². The van der Waals surface area contributed by atoms with E-state index >= 15 is 0 Å². The predicted molar refractivity (Wildman–Crippen MR) is 74.4 cm³/mol. The van der Waals surface area contributed by atoms with E-state index in [2.05, 4.69) is 0 Å². The van der Waals surface area contributed by atoms with Crippen LogP contribution in [0.15, 0.2) is 0 Å². The number of amides is 1. The number of ether oxygens (including phenoxy) is 1. The molecule has 0 bridgehead atoms. The molecule has 0 aromatic carbocycles. The van der Waals surface area contributed by atoms with Crippen LogP contribution in [0.5, 0.6) is 0 Å². The van der Waals surface area contributed by atoms with E-state index in [1.54, 1.807) is 4.90 Å². The molecule has 2 fully saturated rings. The zero-order valence-electron chi connectivity index (χ0n) is 12.6. The molecule has 5 nitrogen and oxygen atoms in total. The molecule has 2 rings (SSSR count). The second kappa shape index (κ2) is 5.62. The average molecular weight is 283 g/mol. The Labute approximate surface area is 120 Å². The van der Waals surface area contributed by atoms with Gasteiger partial charge < -0.3 is 14.7 Å². The number of nitrogens with zero attached hydrogens (tertiary/aromatic N) is 1. The largest absolute Gasteiger partial charge is 0.481 e. The number of aliphatic carboxylic acids is 1. The van der Waals surface area contributed by atoms with E-state index in [1.807, 2.05) is 20.8 Å². The lowest BCUT2D eigenvalue weighted by atomic mass is 9.83. The fourth-order valence-corrected chi connectivity index (χ4v) is 3.43. The van der Waals surface area contributed by atoms with Gasteiger partial charge in [-0.15, -0.1) is 0 Å². The Morgan fingerprint density at radius 3 is 2.25 bits per heavy atom. The Balaban J connectivity index is 2.03. The number of rotatable bonds is 2. The maximum atomic E-state index is 12.1. The second-order valence-corrected chi connectivity index (χ2v) is 7.04. The number of carboxylic acids is 1. The van der Waals surface area contributed by atoms with Crippen molar-refractivity contribution in [2.45, 2.75) is 52.1 Å². The Bertz CT molecular complexity index is 382. The van der Waals surface area contributed by atoms with Gasteiger partial charge in [0, 0.05) is 13.1 Å². The summed E-state index contributed by atoms with van der Waals surface area (Å²) < 4.78 is 5.35. The molecule has 0 spiro atoms. The minimum atomic E-state index is -0.784. The van der Waals surface area contributed by atoms with Crippen molar-refractivity contribution < 1.29 is 19.4 Å². The number of hydrogen-bond acceptors (Lipinski definition) is 3. The second-order valence-electron chi connectivity index (χ2n) is 7.04. The molecule has 1 saturated heterocycles. The summed E-state index contributed by atoms with van der Waals surface area (Å²) in [6, 6.07) is 0. The fraction of sp³-hybridized carbons (Fsp3) is 0.867. The van der Waals surface area contributed by atoms with Crippen molar-refractivity contribution in [3.8, 4) is 0 Å². The molecule has 2 aliphatic rings. The summed E-state index contributed by atoms with van der Waals surface area (Å²) >= 11 is 0. The van der Waals surface area contributed by atoms with Crippen LogP contribution in [0.3, 0.4) is 0 Å². The van der Waals surface area contributed by atoms with E-state index in [4.69, 9.17) is 4.74 Å². The molecular formula is C15H25NO4. The minimum absolute atomic E-state index is 0.0857. The van der Waals surface area contributed by atoms with Gasteiger partial charge in [-0.05, 0) is 32.6 Å². The summed E-state index contributed by atoms with van der Waals surface area (Å²) in [4.78, 5) is 25.1. The van der Waals surface area contributed by atoms with Gasteiger partial charge in [-0.3, -0.25) is 4.79 Å². The summed E-state index contributed by atoms with van der Waals surface area (Å²) in [6.45, 7) is 6.28. The van der Waals surface area contributed by atoms with Gasteiger partial charge >= 0.3 is 12.1 Å². The molecule has 5 heteroatoms. The molecule has 20 heavy (non-hydrogen) atoms. The van der Waals surface area contributed by atoms with Crippen LogP contribution in [-0.4, -0.2) is 40.8 Å². The molecule has 0 aromatic heterocycles. The number of hydrogen-bond donors (Lipinski definition) is 1. The number of likely N-dealkylation sites (tertiary alicyclic amines) is 1. The van der Waals surface area contributed by atoms with Gasteiger partial charge in [0.15, 0.2) is 0 Å². The first-order chi connectivity index (χ1) is 9.28. The number of carbonyl (C=O) groups excluding carboxylic acids is 1. The highest BCUT2D eigenvalue weighted by Crippen LogP contribution is 2.39. The SMILES string of the molecule is CC(C)(C)OC(=O)N1C[C@@H](C(=O)O)[C@H](C2CCCC2)C1. The first-order valence-corrected chi connectivity index (χ1v) is 7.48. The van der Waals surface area contributed by atoms with Gasteiger partial charge in [0.05, 0.1) is 5.92 Å². The van der Waals surface area contributed by atoms with Gasteiger partial charge in [0.25, 0.3) is 0 Å². The van der Waals surface area contributed by atoms with Crippen LogP contribution in [-0.2, 0) is 9.53 Å². The van der Waals surface area contributed by atoms with Crippen molar-refractivity contribution in [3.05, 3.63) is 0 Å². The van der Waals surface area contributed by atoms with Crippen LogP contribution < -0.4 is 0 Å². The molecule has 1 aliphatic carbocycles. The lowest BCUT2D eigenvalue weighted by Crippen LogP contribution is -2.36. The van der Waals surface area contributed by atoms with Crippen molar-refractivity contribution in [1.82, 2.24) is 4.90 Å². The van der Waals surface area contributed by atoms with Crippen molar-refractivity contribution in [2.75, 3.05) is 13.1 Å². The summed E-state index contributed by atoms with van der Waals surface area (Å²) in [7, 11) is 0. The van der Waals surface area contributed by atoms with Gasteiger partial charge in [0.2, 0.25) is 0 Å². The standard InChI is InChI=1S/C15H25NO4/c1-15(2,3)20-14(19)16-8-11(10-6-4-5-7-10)12(9-16)13(17)18/h10-12H,4-9H2,1-3H3,(H,17,18)/t11-,12+/m0/s1. The van der Waals surface area contributed by atoms with Crippen molar-refractivity contribution in [1.29, 1.82) is 0 Å². The minimum Gasteiger partial charge on any atom is -0.481 e. The average Bonchev–Trinajstić information content (AvgIpc) is 2.95. The van der Waals surface area contributed by atoms with Crippen LogP contribution in [0, 0.1) is 17.8 Å². The van der Waals surface area contributed by atoms with Crippen LogP contribution in [0.4, 0.5) is 4.79 Å². The van der Waals surface area contributed by atoms with Crippen molar-refractivity contribution in [3.63, 3.8) is 0 Å². The third kappa shape index (κ3) is 3.44. The van der Waals surface area contributed by atoms with Gasteiger partial charge in [-0.25, -0.2) is 4.79 Å². The van der Waals surface area contributed by atoms with E-state index in [1.165, 1.54) is 12.8 Å². The molecule has 1 aliphatic heterocycles. The summed E-state index contributed by atoms with van der Waals surface area (Å²) in [6.07, 6.45) is 4.16. The van der Waals surface area contributed by atoms with Gasteiger partial charge in [-0.2, -0.15) is 0 Å². The van der Waals surface area contributed by atoms with Crippen molar-refractivity contribution >= 4 is 12.1 Å². The van der Waals surface area contributed by atoms with Crippen LogP contribution >= 0.6 is 0 Å². The van der Waals surface area contributed by atoms with Crippen LogP contribution in [0.2, 0.25) is 0 Å². The maximum Gasteiger partial charge on any atom is 0.410 e. The summed E-state index contributed by atoms with van der Waals surface area (Å²) in [5, 5.41) is 9.40. The van der Waals surface area contributed by atoms with E-state index in [0.717, 1.165) is 12.8 Å². The lowest BCUT2D eigenvalue weighted by molar-refractivity contribution is -0.143. The maximum absolute atomic E-state index is 12.1. The molecule has 0 unspecified atom stereocenters. The highest BCUT2D eigenvalue weighted by molar-refractivity contribution is 5.74. The first-order valence-electron chi connectivity index (χ1n) is 7.48. The van der Waals surface area contributed by atoms with Gasteiger partial charge in [0.1, 0.15) is 5.60 Å². The monoisotopic (exact) mass is 283 g/mol. The lowest BCUT2D eigenvalue weighted by Gasteiger charge is -2.25. The topological polar surface area (TPSA) is 66.8 Å². The first kappa shape index (κ1) is 15.1. The normalized spacial score (nSPS) is 27.9. The zero-order chi connectivity index (χ0) is 14.9. The van der Waals surface area contributed by atoms with E-state index in [-0.39, 0.29) is 18.6 Å². The molecule has 2 atom stereocenters. The number of carboxylic acid groups (broad SMARTS) is 1. The quantitative estimate of drug-likeness (QED) is 0.846. The Hall–Kier alpha value is -1.26. The molecular weight excluding hydrogens is 258 g/mol. The highest BCUT2D eigenvalue weighted by atomic mass is 16.6. The highest BCUT2D eigenvalue weighted by Gasteiger charge is 2.44. The van der Waals surface area contributed by atoms with Crippen LogP contribution in [0.1, 0.15) is 46.5 Å². The Morgan fingerprint density at radius 2 is 1.75 bits per heavy atom. The molecule has 1 amide bonds. The fourth-order valence-electron chi connectivity index (χ4n) is 3.43. The Kier molecular flexibility index (Phi) is 4.25.